The second-order valence-electron chi connectivity index (χ2n) is 5.04. The van der Waals surface area contributed by atoms with Crippen LogP contribution in [0.1, 0.15) is 26.7 Å². The number of hydrogen-bond acceptors (Lipinski definition) is 3. The fourth-order valence-electron chi connectivity index (χ4n) is 1.95. The van der Waals surface area contributed by atoms with Gasteiger partial charge in [0.1, 0.15) is 0 Å². The summed E-state index contributed by atoms with van der Waals surface area (Å²) in [7, 11) is 1.85. The van der Waals surface area contributed by atoms with E-state index in [-0.39, 0.29) is 17.9 Å². The van der Waals surface area contributed by atoms with Crippen LogP contribution in [-0.4, -0.2) is 43.7 Å². The molecule has 0 spiro atoms. The highest BCUT2D eigenvalue weighted by atomic mass is 16.5. The normalized spacial score (nSPS) is 19.8. The van der Waals surface area contributed by atoms with Crippen molar-refractivity contribution in [1.82, 2.24) is 4.90 Å². The summed E-state index contributed by atoms with van der Waals surface area (Å²) >= 11 is 0. The molecule has 1 heterocycles. The molecule has 1 amide bonds. The second kappa shape index (κ2) is 6.21. The smallest absolute Gasteiger partial charge is 0.239 e. The number of nitrogens with zero attached hydrogens (tertiary/aromatic N) is 1. The molecule has 94 valence electrons. The number of nitrogens with two attached hydrogens (primary N) is 1. The average molecular weight is 228 g/mol. The molecular formula is C12H24N2O2. The van der Waals surface area contributed by atoms with E-state index in [0.29, 0.717) is 5.92 Å². The number of rotatable bonds is 4. The van der Waals surface area contributed by atoms with Crippen molar-refractivity contribution in [3.8, 4) is 0 Å². The Morgan fingerprint density at radius 3 is 2.50 bits per heavy atom. The third-order valence-corrected chi connectivity index (χ3v) is 3.25. The minimum absolute atomic E-state index is 0.0569. The van der Waals surface area contributed by atoms with E-state index in [1.54, 1.807) is 4.90 Å². The molecule has 0 bridgehead atoms. The maximum atomic E-state index is 11.9. The van der Waals surface area contributed by atoms with Gasteiger partial charge in [-0.2, -0.15) is 0 Å². The topological polar surface area (TPSA) is 55.6 Å². The zero-order valence-electron chi connectivity index (χ0n) is 10.6. The molecule has 2 N–H and O–H groups in total. The summed E-state index contributed by atoms with van der Waals surface area (Å²) in [5.74, 6) is 0.827. The molecule has 1 rings (SSSR count). The zero-order valence-corrected chi connectivity index (χ0v) is 10.6. The largest absolute Gasteiger partial charge is 0.381 e. The lowest BCUT2D eigenvalue weighted by Crippen LogP contribution is -2.46. The van der Waals surface area contributed by atoms with E-state index in [4.69, 9.17) is 10.5 Å². The van der Waals surface area contributed by atoms with Crippen LogP contribution in [0.2, 0.25) is 0 Å². The molecule has 16 heavy (non-hydrogen) atoms. The van der Waals surface area contributed by atoms with Crippen molar-refractivity contribution >= 4 is 5.91 Å². The van der Waals surface area contributed by atoms with Gasteiger partial charge in [0, 0.05) is 26.8 Å². The lowest BCUT2D eigenvalue weighted by molar-refractivity contribution is -0.133. The maximum Gasteiger partial charge on any atom is 0.239 e. The van der Waals surface area contributed by atoms with Crippen molar-refractivity contribution in [3.63, 3.8) is 0 Å². The molecule has 1 aliphatic heterocycles. The quantitative estimate of drug-likeness (QED) is 0.776. The van der Waals surface area contributed by atoms with Gasteiger partial charge in [0.25, 0.3) is 0 Å². The Kier molecular flexibility index (Phi) is 5.22. The first-order valence-corrected chi connectivity index (χ1v) is 6.10. The van der Waals surface area contributed by atoms with Crippen molar-refractivity contribution < 1.29 is 9.53 Å². The van der Waals surface area contributed by atoms with Crippen molar-refractivity contribution in [3.05, 3.63) is 0 Å². The molecule has 1 aliphatic rings. The lowest BCUT2D eigenvalue weighted by Gasteiger charge is -2.29. The van der Waals surface area contributed by atoms with Crippen LogP contribution in [0.4, 0.5) is 0 Å². The molecule has 0 aromatic heterocycles. The average Bonchev–Trinajstić information content (AvgIpc) is 2.28. The van der Waals surface area contributed by atoms with Crippen LogP contribution in [0.3, 0.4) is 0 Å². The Bertz CT molecular complexity index is 225. The van der Waals surface area contributed by atoms with Gasteiger partial charge in [0.2, 0.25) is 5.91 Å². The molecule has 0 aromatic rings. The van der Waals surface area contributed by atoms with Gasteiger partial charge < -0.3 is 15.4 Å². The van der Waals surface area contributed by atoms with Crippen LogP contribution >= 0.6 is 0 Å². The van der Waals surface area contributed by atoms with Gasteiger partial charge in [-0.25, -0.2) is 0 Å². The minimum Gasteiger partial charge on any atom is -0.381 e. The zero-order chi connectivity index (χ0) is 12.1. The summed E-state index contributed by atoms with van der Waals surface area (Å²) in [6.45, 7) is 6.41. The Hall–Kier alpha value is -0.610. The van der Waals surface area contributed by atoms with E-state index in [1.807, 2.05) is 20.9 Å². The Morgan fingerprint density at radius 1 is 1.44 bits per heavy atom. The third kappa shape index (κ3) is 3.76. The van der Waals surface area contributed by atoms with Crippen LogP contribution in [0.25, 0.3) is 0 Å². The standard InChI is InChI=1S/C12H24N2O2/c1-9(2)11(13)12(15)14(3)8-10-4-6-16-7-5-10/h9-11H,4-8,13H2,1-3H3. The highest BCUT2D eigenvalue weighted by molar-refractivity contribution is 5.81. The van der Waals surface area contributed by atoms with E-state index < -0.39 is 0 Å². The molecule has 1 saturated heterocycles. The first-order valence-electron chi connectivity index (χ1n) is 6.10. The van der Waals surface area contributed by atoms with Crippen molar-refractivity contribution in [2.24, 2.45) is 17.6 Å². The SMILES string of the molecule is CC(C)C(N)C(=O)N(C)CC1CCOCC1. The van der Waals surface area contributed by atoms with E-state index in [0.717, 1.165) is 32.6 Å². The molecular weight excluding hydrogens is 204 g/mol. The van der Waals surface area contributed by atoms with E-state index in [1.165, 1.54) is 0 Å². The number of carbonyl (C=O) groups is 1. The summed E-state index contributed by atoms with van der Waals surface area (Å²) in [4.78, 5) is 13.7. The Balaban J connectivity index is 2.38. The van der Waals surface area contributed by atoms with Gasteiger partial charge in [-0.3, -0.25) is 4.79 Å². The number of likely N-dealkylation sites (N-methyl/N-ethyl adjacent to an activating group) is 1. The maximum absolute atomic E-state index is 11.9. The molecule has 0 aromatic carbocycles. The molecule has 4 heteroatoms. The number of amides is 1. The van der Waals surface area contributed by atoms with Gasteiger partial charge in [-0.15, -0.1) is 0 Å². The molecule has 4 nitrogen and oxygen atoms in total. The van der Waals surface area contributed by atoms with Gasteiger partial charge >= 0.3 is 0 Å². The summed E-state index contributed by atoms with van der Waals surface area (Å²) in [6, 6.07) is -0.371. The first-order chi connectivity index (χ1) is 7.52. The van der Waals surface area contributed by atoms with Crippen molar-refractivity contribution in [2.45, 2.75) is 32.7 Å². The number of hydrogen-bond donors (Lipinski definition) is 1. The predicted octanol–water partition coefficient (Wildman–Crippen LogP) is 0.855. The van der Waals surface area contributed by atoms with Gasteiger partial charge in [0.05, 0.1) is 6.04 Å². The monoisotopic (exact) mass is 228 g/mol. The molecule has 1 fully saturated rings. The van der Waals surface area contributed by atoms with E-state index >= 15 is 0 Å². The van der Waals surface area contributed by atoms with Crippen LogP contribution < -0.4 is 5.73 Å². The fraction of sp³-hybridized carbons (Fsp3) is 0.917. The second-order valence-corrected chi connectivity index (χ2v) is 5.04. The summed E-state index contributed by atoms with van der Waals surface area (Å²) < 4.78 is 5.30. The van der Waals surface area contributed by atoms with Crippen LogP contribution in [0.5, 0.6) is 0 Å². The number of carbonyl (C=O) groups excluding carboxylic acids is 1. The third-order valence-electron chi connectivity index (χ3n) is 3.25. The number of ether oxygens (including phenoxy) is 1. The molecule has 1 atom stereocenters. The van der Waals surface area contributed by atoms with Gasteiger partial charge in [0.15, 0.2) is 0 Å². The van der Waals surface area contributed by atoms with E-state index in [9.17, 15) is 4.79 Å². The highest BCUT2D eigenvalue weighted by Gasteiger charge is 2.24. The van der Waals surface area contributed by atoms with Crippen LogP contribution in [-0.2, 0) is 9.53 Å². The molecule has 1 unspecified atom stereocenters. The van der Waals surface area contributed by atoms with Crippen LogP contribution in [0.15, 0.2) is 0 Å². The Morgan fingerprint density at radius 2 is 2.00 bits per heavy atom. The molecule has 0 radical (unpaired) electrons. The highest BCUT2D eigenvalue weighted by Crippen LogP contribution is 2.16. The predicted molar refractivity (Wildman–Crippen MR) is 64.0 cm³/mol. The summed E-state index contributed by atoms with van der Waals surface area (Å²) in [6.07, 6.45) is 2.10. The molecule has 0 saturated carbocycles. The van der Waals surface area contributed by atoms with Crippen LogP contribution in [0, 0.1) is 11.8 Å². The van der Waals surface area contributed by atoms with Gasteiger partial charge in [-0.05, 0) is 24.7 Å². The summed E-state index contributed by atoms with van der Waals surface area (Å²) in [5.41, 5.74) is 5.85. The summed E-state index contributed by atoms with van der Waals surface area (Å²) in [5, 5.41) is 0. The van der Waals surface area contributed by atoms with Crippen molar-refractivity contribution in [1.29, 1.82) is 0 Å². The van der Waals surface area contributed by atoms with Crippen molar-refractivity contribution in [2.75, 3.05) is 26.8 Å². The minimum atomic E-state index is -0.371. The Labute approximate surface area is 98.1 Å². The van der Waals surface area contributed by atoms with Gasteiger partial charge in [-0.1, -0.05) is 13.8 Å². The molecule has 0 aliphatic carbocycles. The van der Waals surface area contributed by atoms with E-state index in [2.05, 4.69) is 0 Å². The lowest BCUT2D eigenvalue weighted by atomic mass is 9.98. The first kappa shape index (κ1) is 13.5. The fourth-order valence-corrected chi connectivity index (χ4v) is 1.95.